The Bertz CT molecular complexity index is 462. The summed E-state index contributed by atoms with van der Waals surface area (Å²) in [6.07, 6.45) is 1.24. The van der Waals surface area contributed by atoms with Crippen molar-refractivity contribution < 1.29 is 4.74 Å². The Hall–Kier alpha value is -1.06. The van der Waals surface area contributed by atoms with Gasteiger partial charge in [0.1, 0.15) is 5.75 Å². The average Bonchev–Trinajstić information content (AvgIpc) is 2.44. The molecule has 0 bridgehead atoms. The number of hydrogen-bond donors (Lipinski definition) is 1. The number of rotatable bonds is 2. The summed E-state index contributed by atoms with van der Waals surface area (Å²) < 4.78 is 5.85. The van der Waals surface area contributed by atoms with Crippen molar-refractivity contribution in [3.63, 3.8) is 0 Å². The van der Waals surface area contributed by atoms with E-state index in [9.17, 15) is 0 Å². The lowest BCUT2D eigenvalue weighted by Gasteiger charge is -2.40. The zero-order valence-electron chi connectivity index (χ0n) is 12.8. The summed E-state index contributed by atoms with van der Waals surface area (Å²) in [5, 5.41) is 3.93. The van der Waals surface area contributed by atoms with Crippen LogP contribution in [0.2, 0.25) is 0 Å². The smallest absolute Gasteiger partial charge is 0.124 e. The molecule has 3 heteroatoms. The van der Waals surface area contributed by atoms with E-state index in [1.54, 1.807) is 0 Å². The van der Waals surface area contributed by atoms with E-state index < -0.39 is 0 Å². The minimum atomic E-state index is 0.427. The zero-order chi connectivity index (χ0) is 14.1. The number of likely N-dealkylation sites (tertiary alicyclic amines) is 1. The molecule has 20 heavy (non-hydrogen) atoms. The molecule has 3 nitrogen and oxygen atoms in total. The fraction of sp³-hybridized carbons (Fsp3) is 0.647. The topological polar surface area (TPSA) is 24.5 Å². The van der Waals surface area contributed by atoms with Crippen molar-refractivity contribution >= 4 is 0 Å². The molecule has 2 aliphatic heterocycles. The van der Waals surface area contributed by atoms with Crippen molar-refractivity contribution in [2.45, 2.75) is 32.4 Å². The number of piperidine rings is 1. The largest absolute Gasteiger partial charge is 0.493 e. The van der Waals surface area contributed by atoms with E-state index in [0.717, 1.165) is 12.4 Å². The standard InChI is InChI=1S/C17H26N2O/c1-12-10-19(3)9-8-15(12)18-17-13(2)11-20-16-7-5-4-6-14(16)17/h4-7,12-13,15,17-18H,8-11H2,1-3H3. The molecule has 0 amide bonds. The lowest BCUT2D eigenvalue weighted by Crippen LogP contribution is -2.50. The van der Waals surface area contributed by atoms with Crippen molar-refractivity contribution in [3.05, 3.63) is 29.8 Å². The van der Waals surface area contributed by atoms with Gasteiger partial charge in [-0.25, -0.2) is 0 Å². The second-order valence-electron chi connectivity index (χ2n) is 6.61. The normalized spacial score (nSPS) is 34.4. The summed E-state index contributed by atoms with van der Waals surface area (Å²) in [7, 11) is 2.22. The monoisotopic (exact) mass is 274 g/mol. The van der Waals surface area contributed by atoms with Crippen LogP contribution in [0.5, 0.6) is 5.75 Å². The van der Waals surface area contributed by atoms with Crippen LogP contribution in [0, 0.1) is 11.8 Å². The molecule has 4 unspecified atom stereocenters. The Morgan fingerprint density at radius 3 is 2.80 bits per heavy atom. The van der Waals surface area contributed by atoms with Gasteiger partial charge < -0.3 is 15.0 Å². The molecule has 0 aromatic heterocycles. The molecule has 1 N–H and O–H groups in total. The maximum absolute atomic E-state index is 5.85. The van der Waals surface area contributed by atoms with Crippen molar-refractivity contribution in [2.24, 2.45) is 11.8 Å². The number of para-hydroxylation sites is 1. The van der Waals surface area contributed by atoms with E-state index >= 15 is 0 Å². The van der Waals surface area contributed by atoms with E-state index in [1.807, 2.05) is 0 Å². The molecular weight excluding hydrogens is 248 g/mol. The molecule has 110 valence electrons. The van der Waals surface area contributed by atoms with E-state index in [-0.39, 0.29) is 0 Å². The Morgan fingerprint density at radius 1 is 1.20 bits per heavy atom. The molecule has 4 atom stereocenters. The summed E-state index contributed by atoms with van der Waals surface area (Å²) in [4.78, 5) is 2.43. The van der Waals surface area contributed by atoms with Crippen LogP contribution in [-0.4, -0.2) is 37.7 Å². The first kappa shape index (κ1) is 13.9. The maximum Gasteiger partial charge on any atom is 0.124 e. The molecule has 1 aromatic carbocycles. The lowest BCUT2D eigenvalue weighted by molar-refractivity contribution is 0.132. The number of benzene rings is 1. The first-order chi connectivity index (χ1) is 9.65. The Morgan fingerprint density at radius 2 is 2.00 bits per heavy atom. The molecule has 2 aliphatic rings. The highest BCUT2D eigenvalue weighted by Crippen LogP contribution is 2.36. The van der Waals surface area contributed by atoms with Gasteiger partial charge in [0.15, 0.2) is 0 Å². The molecule has 0 saturated carbocycles. The van der Waals surface area contributed by atoms with E-state index in [4.69, 9.17) is 4.74 Å². The van der Waals surface area contributed by atoms with Crippen LogP contribution in [0.15, 0.2) is 24.3 Å². The van der Waals surface area contributed by atoms with Crippen LogP contribution in [0.4, 0.5) is 0 Å². The van der Waals surface area contributed by atoms with Crippen LogP contribution in [0.1, 0.15) is 31.9 Å². The van der Waals surface area contributed by atoms with Crippen molar-refractivity contribution in [3.8, 4) is 5.75 Å². The minimum absolute atomic E-state index is 0.427. The van der Waals surface area contributed by atoms with Gasteiger partial charge in [-0.15, -0.1) is 0 Å². The number of nitrogens with zero attached hydrogens (tertiary/aromatic N) is 1. The van der Waals surface area contributed by atoms with Crippen LogP contribution in [-0.2, 0) is 0 Å². The zero-order valence-corrected chi connectivity index (χ0v) is 12.8. The molecule has 0 spiro atoms. The Balaban J connectivity index is 1.76. The fourth-order valence-electron chi connectivity index (χ4n) is 3.58. The number of hydrogen-bond acceptors (Lipinski definition) is 3. The average molecular weight is 274 g/mol. The molecule has 0 radical (unpaired) electrons. The Labute approximate surface area is 122 Å². The van der Waals surface area contributed by atoms with Gasteiger partial charge in [-0.1, -0.05) is 32.0 Å². The van der Waals surface area contributed by atoms with Gasteiger partial charge in [0.05, 0.1) is 6.61 Å². The number of fused-ring (bicyclic) bond motifs is 1. The number of ether oxygens (including phenoxy) is 1. The van der Waals surface area contributed by atoms with E-state index in [2.05, 4.69) is 55.4 Å². The third-order valence-corrected chi connectivity index (χ3v) is 4.83. The van der Waals surface area contributed by atoms with Crippen molar-refractivity contribution in [2.75, 3.05) is 26.7 Å². The highest BCUT2D eigenvalue weighted by atomic mass is 16.5. The fourth-order valence-corrected chi connectivity index (χ4v) is 3.58. The quantitative estimate of drug-likeness (QED) is 0.897. The van der Waals surface area contributed by atoms with Crippen LogP contribution >= 0.6 is 0 Å². The van der Waals surface area contributed by atoms with Crippen LogP contribution < -0.4 is 10.1 Å². The molecule has 1 fully saturated rings. The van der Waals surface area contributed by atoms with Gasteiger partial charge in [-0.2, -0.15) is 0 Å². The summed E-state index contributed by atoms with van der Waals surface area (Å²) in [6, 6.07) is 9.52. The third-order valence-electron chi connectivity index (χ3n) is 4.83. The van der Waals surface area contributed by atoms with Gasteiger partial charge in [0, 0.05) is 30.1 Å². The maximum atomic E-state index is 5.85. The van der Waals surface area contributed by atoms with Crippen molar-refractivity contribution in [1.29, 1.82) is 0 Å². The van der Waals surface area contributed by atoms with Gasteiger partial charge >= 0.3 is 0 Å². The predicted molar refractivity (Wildman–Crippen MR) is 82.0 cm³/mol. The first-order valence-electron chi connectivity index (χ1n) is 7.81. The summed E-state index contributed by atoms with van der Waals surface area (Å²) >= 11 is 0. The second kappa shape index (κ2) is 5.74. The van der Waals surface area contributed by atoms with Crippen LogP contribution in [0.25, 0.3) is 0 Å². The summed E-state index contributed by atoms with van der Waals surface area (Å²) in [5.74, 6) is 2.29. The summed E-state index contributed by atoms with van der Waals surface area (Å²) in [5.41, 5.74) is 1.33. The van der Waals surface area contributed by atoms with Gasteiger partial charge in [0.25, 0.3) is 0 Å². The molecule has 0 aliphatic carbocycles. The number of nitrogens with one attached hydrogen (secondary N) is 1. The SMILES string of the molecule is CC1CN(C)CCC1NC1c2ccccc2OCC1C. The molecule has 1 aromatic rings. The van der Waals surface area contributed by atoms with Crippen LogP contribution in [0.3, 0.4) is 0 Å². The van der Waals surface area contributed by atoms with E-state index in [0.29, 0.717) is 23.9 Å². The molecular formula is C17H26N2O. The second-order valence-corrected chi connectivity index (χ2v) is 6.61. The van der Waals surface area contributed by atoms with Gasteiger partial charge in [0.2, 0.25) is 0 Å². The minimum Gasteiger partial charge on any atom is -0.493 e. The van der Waals surface area contributed by atoms with Crippen molar-refractivity contribution in [1.82, 2.24) is 10.2 Å². The Kier molecular flexibility index (Phi) is 3.99. The first-order valence-corrected chi connectivity index (χ1v) is 7.81. The summed E-state index contributed by atoms with van der Waals surface area (Å²) in [6.45, 7) is 7.85. The van der Waals surface area contributed by atoms with E-state index in [1.165, 1.54) is 25.1 Å². The highest BCUT2D eigenvalue weighted by molar-refractivity contribution is 5.38. The third kappa shape index (κ3) is 2.70. The van der Waals surface area contributed by atoms with Gasteiger partial charge in [-0.3, -0.25) is 0 Å². The molecule has 1 saturated heterocycles. The lowest BCUT2D eigenvalue weighted by atomic mass is 9.87. The highest BCUT2D eigenvalue weighted by Gasteiger charge is 2.32. The van der Waals surface area contributed by atoms with Gasteiger partial charge in [-0.05, 0) is 32.0 Å². The molecule has 2 heterocycles. The molecule has 3 rings (SSSR count). The predicted octanol–water partition coefficient (Wildman–Crippen LogP) is 2.69.